The third-order valence-corrected chi connectivity index (χ3v) is 13.8. The summed E-state index contributed by atoms with van der Waals surface area (Å²) in [7, 11) is 3.17. The SMILES string of the molecule is CCn1c(-c2c#ccnc2[C@H](C)OC)c2c3cc(ccc31)-c1csc(n1)C[C@H](NC(=O)[C@H](C(C)C)N(C)C(=O)[C@H]1CCN(C(=O)[C@H](F)Cl)C1)C(=O)N1CCC[C@H](N1)C(=O)OCC(C)(C)C2. The van der Waals surface area contributed by atoms with Gasteiger partial charge in [-0.15, -0.1) is 11.3 Å². The zero-order chi connectivity index (χ0) is 46.9. The van der Waals surface area contributed by atoms with Gasteiger partial charge in [-0.25, -0.2) is 19.8 Å². The molecule has 65 heavy (non-hydrogen) atoms. The first kappa shape index (κ1) is 47.8. The second-order valence-corrected chi connectivity index (χ2v) is 19.7. The summed E-state index contributed by atoms with van der Waals surface area (Å²) in [5.41, 5.74) is 6.37. The molecule has 7 rings (SSSR count). The number of halogens is 2. The number of esters is 1. The Morgan fingerprint density at radius 2 is 1.95 bits per heavy atom. The molecule has 6 atom stereocenters. The smallest absolute Gasteiger partial charge is 0.324 e. The molecular weight excluding hydrogens is 875 g/mol. The van der Waals surface area contributed by atoms with Crippen LogP contribution in [0, 0.1) is 29.4 Å². The van der Waals surface area contributed by atoms with Crippen LogP contribution in [0.4, 0.5) is 4.39 Å². The second-order valence-electron chi connectivity index (χ2n) is 18.3. The van der Waals surface area contributed by atoms with E-state index in [9.17, 15) is 28.4 Å². The van der Waals surface area contributed by atoms with Gasteiger partial charge >= 0.3 is 5.97 Å². The van der Waals surface area contributed by atoms with Gasteiger partial charge in [-0.3, -0.25) is 29.0 Å². The van der Waals surface area contributed by atoms with Crippen LogP contribution in [0.1, 0.15) is 83.2 Å². The summed E-state index contributed by atoms with van der Waals surface area (Å²) in [6, 6.07) is 9.70. The Hall–Kier alpha value is -5.15. The maximum Gasteiger partial charge on any atom is 0.324 e. The van der Waals surface area contributed by atoms with Crippen molar-refractivity contribution in [3.8, 4) is 22.5 Å². The number of methoxy groups -OCH3 is 1. The number of nitrogens with one attached hydrogen (secondary N) is 2. The predicted molar refractivity (Wildman–Crippen MR) is 244 cm³/mol. The van der Waals surface area contributed by atoms with Crippen LogP contribution in [0.3, 0.4) is 0 Å². The van der Waals surface area contributed by atoms with Crippen LogP contribution in [0.2, 0.25) is 0 Å². The van der Waals surface area contributed by atoms with Gasteiger partial charge in [0.15, 0.2) is 0 Å². The molecule has 18 heteroatoms. The molecule has 2 fully saturated rings. The lowest BCUT2D eigenvalue weighted by molar-refractivity contribution is -0.155. The van der Waals surface area contributed by atoms with E-state index in [4.69, 9.17) is 31.0 Å². The molecule has 2 saturated heterocycles. The molecule has 3 aliphatic heterocycles. The van der Waals surface area contributed by atoms with Gasteiger partial charge in [-0.1, -0.05) is 51.4 Å². The molecule has 3 aromatic heterocycles. The van der Waals surface area contributed by atoms with Crippen molar-refractivity contribution in [1.82, 2.24) is 40.1 Å². The van der Waals surface area contributed by atoms with Crippen LogP contribution in [-0.2, 0) is 52.8 Å². The lowest BCUT2D eigenvalue weighted by atomic mass is 9.84. The van der Waals surface area contributed by atoms with Crippen LogP contribution in [0.15, 0.2) is 29.8 Å². The number of rotatable bonds is 10. The summed E-state index contributed by atoms with van der Waals surface area (Å²) in [5.74, 6) is -3.85. The van der Waals surface area contributed by atoms with Crippen LogP contribution in [0.25, 0.3) is 33.4 Å². The number of benzene rings is 1. The number of likely N-dealkylation sites (tertiary alicyclic amines) is 1. The van der Waals surface area contributed by atoms with Gasteiger partial charge in [-0.05, 0) is 69.2 Å². The molecule has 4 aromatic rings. The number of hydrogen-bond acceptors (Lipinski definition) is 11. The molecule has 4 amide bonds. The highest BCUT2D eigenvalue weighted by molar-refractivity contribution is 7.10. The topological polar surface area (TPSA) is 168 Å². The molecule has 6 bridgehead atoms. The Balaban J connectivity index is 1.26. The minimum atomic E-state index is -2.21. The third kappa shape index (κ3) is 10.0. The summed E-state index contributed by atoms with van der Waals surface area (Å²) in [6.45, 7) is 12.9. The average molecular weight is 934 g/mol. The zero-order valence-electron chi connectivity index (χ0n) is 38.2. The van der Waals surface area contributed by atoms with Crippen LogP contribution in [-0.4, -0.2) is 123 Å². The van der Waals surface area contributed by atoms with Crippen molar-refractivity contribution >= 4 is 63.4 Å². The van der Waals surface area contributed by atoms with Crippen molar-refractivity contribution in [1.29, 1.82) is 0 Å². The van der Waals surface area contributed by atoms with E-state index in [1.807, 2.05) is 18.4 Å². The Bertz CT molecular complexity index is 2440. The molecule has 1 aromatic carbocycles. The van der Waals surface area contributed by atoms with Gasteiger partial charge in [-0.2, -0.15) is 0 Å². The number of aromatic nitrogens is 3. The summed E-state index contributed by atoms with van der Waals surface area (Å²) in [4.78, 5) is 81.2. The van der Waals surface area contributed by atoms with Crippen molar-refractivity contribution in [3.63, 3.8) is 0 Å². The van der Waals surface area contributed by atoms with E-state index < -0.39 is 58.8 Å². The van der Waals surface area contributed by atoms with Gasteiger partial charge in [0, 0.05) is 74.0 Å². The summed E-state index contributed by atoms with van der Waals surface area (Å²) >= 11 is 6.77. The molecule has 6 heterocycles. The summed E-state index contributed by atoms with van der Waals surface area (Å²) in [5, 5.41) is 7.86. The number of aryl methyl sites for hydroxylation is 1. The van der Waals surface area contributed by atoms with Crippen LogP contribution >= 0.6 is 22.9 Å². The first-order chi connectivity index (χ1) is 30.9. The Morgan fingerprint density at radius 1 is 1.18 bits per heavy atom. The van der Waals surface area contributed by atoms with E-state index in [1.165, 1.54) is 33.2 Å². The molecule has 15 nitrogen and oxygen atoms in total. The van der Waals surface area contributed by atoms with Crippen molar-refractivity contribution < 1.29 is 37.8 Å². The fourth-order valence-corrected chi connectivity index (χ4v) is 10.3. The number of likely N-dealkylation sites (N-methyl/N-ethyl adjacent to an activating group) is 1. The summed E-state index contributed by atoms with van der Waals surface area (Å²) in [6.07, 6.45) is 3.06. The molecule has 3 aliphatic rings. The number of thiazole rings is 1. The van der Waals surface area contributed by atoms with Gasteiger partial charge in [0.2, 0.25) is 11.8 Å². The molecular formula is C47H58ClFN8O7S. The number of hydrazine groups is 1. The third-order valence-electron chi connectivity index (χ3n) is 12.7. The van der Waals surface area contributed by atoms with Crippen molar-refractivity contribution in [2.45, 2.75) is 110 Å². The number of alkyl halides is 2. The fraction of sp³-hybridized carbons (Fsp3) is 0.553. The normalized spacial score (nSPS) is 21.6. The van der Waals surface area contributed by atoms with E-state index >= 15 is 0 Å². The average Bonchev–Trinajstić information content (AvgIpc) is 4.05. The first-order valence-corrected chi connectivity index (χ1v) is 23.5. The molecule has 348 valence electrons. The fourth-order valence-electron chi connectivity index (χ4n) is 9.33. The van der Waals surface area contributed by atoms with Gasteiger partial charge in [0.05, 0.1) is 52.5 Å². The molecule has 2 N–H and O–H groups in total. The largest absolute Gasteiger partial charge is 0.464 e. The lowest BCUT2D eigenvalue weighted by Gasteiger charge is -2.36. The summed E-state index contributed by atoms with van der Waals surface area (Å²) < 4.78 is 27.7. The number of nitrogens with zero attached hydrogens (tertiary/aromatic N) is 6. The maximum absolute atomic E-state index is 14.6. The quantitative estimate of drug-likeness (QED) is 0.150. The van der Waals surface area contributed by atoms with E-state index in [2.05, 4.69) is 60.3 Å². The predicted octanol–water partition coefficient (Wildman–Crippen LogP) is 5.67. The number of carbonyl (C=O) groups is 5. The highest BCUT2D eigenvalue weighted by atomic mass is 35.5. The number of fused-ring (bicyclic) bond motifs is 6. The molecule has 0 radical (unpaired) electrons. The molecule has 0 saturated carbocycles. The minimum Gasteiger partial charge on any atom is -0.464 e. The standard InChI is InChI=1S/C47H58ClFN8O7S/c1-9-56-36-15-14-28-20-31(36)32(40(56)30-12-10-17-50-38(30)27(4)63-8)22-47(5,6)25-64-46(62)33-13-11-18-57(53-33)44(60)34(21-37-51-35(28)24-65-37)52-42(58)39(26(2)3)54(7)43(59)29-16-19-55(23-29)45(61)41(48)49/h14-15,17,20,24,26-27,29,33-34,39,41,53H,9,11,13,16,18-19,21-23,25H2,1-8H3,(H,52,58)/t27-,29-,33-,34-,39-,41-/m0/s1. The first-order valence-electron chi connectivity index (χ1n) is 22.2. The second kappa shape index (κ2) is 19.8. The van der Waals surface area contributed by atoms with Crippen molar-refractivity contribution in [2.75, 3.05) is 40.4 Å². The number of amides is 4. The number of hydrogen-bond donors (Lipinski definition) is 2. The van der Waals surface area contributed by atoms with E-state index in [0.717, 1.165) is 39.0 Å². The van der Waals surface area contributed by atoms with Crippen LogP contribution < -0.4 is 10.7 Å². The van der Waals surface area contributed by atoms with E-state index in [0.29, 0.717) is 36.5 Å². The Kier molecular flexibility index (Phi) is 14.5. The minimum absolute atomic E-state index is 0.0207. The Morgan fingerprint density at radius 3 is 2.66 bits per heavy atom. The van der Waals surface area contributed by atoms with E-state index in [-0.39, 0.29) is 57.0 Å². The van der Waals surface area contributed by atoms with Crippen LogP contribution in [0.5, 0.6) is 0 Å². The van der Waals surface area contributed by atoms with Gasteiger partial charge in [0.25, 0.3) is 17.4 Å². The molecule has 0 unspecified atom stereocenters. The van der Waals surface area contributed by atoms with Gasteiger partial charge < -0.3 is 29.2 Å². The van der Waals surface area contributed by atoms with Crippen molar-refractivity contribution in [3.05, 3.63) is 58.2 Å². The monoisotopic (exact) mass is 932 g/mol. The number of cyclic esters (lactones) is 1. The zero-order valence-corrected chi connectivity index (χ0v) is 39.8. The van der Waals surface area contributed by atoms with Gasteiger partial charge in [0.1, 0.15) is 18.1 Å². The number of ether oxygens (including phenoxy) is 2. The lowest BCUT2D eigenvalue weighted by Crippen LogP contribution is -2.62. The Labute approximate surface area is 388 Å². The number of carbonyl (C=O) groups excluding carboxylic acids is 5. The molecule has 0 aliphatic carbocycles. The van der Waals surface area contributed by atoms with E-state index in [1.54, 1.807) is 27.2 Å². The highest BCUT2D eigenvalue weighted by Gasteiger charge is 2.41. The highest BCUT2D eigenvalue weighted by Crippen LogP contribution is 2.41. The maximum atomic E-state index is 14.6. The molecule has 0 spiro atoms. The van der Waals surface area contributed by atoms with Crippen molar-refractivity contribution in [2.24, 2.45) is 17.3 Å².